The molecule has 0 N–H and O–H groups in total. The van der Waals surface area contributed by atoms with Gasteiger partial charge in [-0.05, 0) is 75.5 Å². The summed E-state index contributed by atoms with van der Waals surface area (Å²) >= 11 is 0. The van der Waals surface area contributed by atoms with Crippen LogP contribution in [0.3, 0.4) is 0 Å². The molecule has 0 fully saturated rings. The summed E-state index contributed by atoms with van der Waals surface area (Å²) in [6.45, 7) is 2.85. The third-order valence-electron chi connectivity index (χ3n) is 5.35. The Labute approximate surface area is 193 Å². The molecule has 0 aliphatic heterocycles. The van der Waals surface area contributed by atoms with Crippen molar-refractivity contribution in [2.45, 2.75) is 78.1 Å². The fraction of sp³-hybridized carbons (Fsp3) is 0.500. The lowest BCUT2D eigenvalue weighted by Crippen LogP contribution is -2.26. The van der Waals surface area contributed by atoms with E-state index in [1.54, 1.807) is 6.92 Å². The van der Waals surface area contributed by atoms with Gasteiger partial charge < -0.3 is 4.18 Å². The van der Waals surface area contributed by atoms with Crippen molar-refractivity contribution in [3.8, 4) is 0 Å². The second-order valence-corrected chi connectivity index (χ2v) is 9.27. The van der Waals surface area contributed by atoms with E-state index < -0.39 is 21.4 Å². The van der Waals surface area contributed by atoms with E-state index in [0.717, 1.165) is 24.8 Å². The Morgan fingerprint density at radius 2 is 1.30 bits per heavy atom. The number of allylic oxidation sites excluding steroid dienone is 4. The first-order valence-electron chi connectivity index (χ1n) is 10.5. The minimum Gasteiger partial charge on any atom is -0.380 e. The molecule has 1 aromatic rings. The molecule has 0 atom stereocenters. The number of hydrogen-bond donors (Lipinski definition) is 0. The number of halogens is 3. The zero-order valence-electron chi connectivity index (χ0n) is 18.1. The highest BCUT2D eigenvalue weighted by Gasteiger charge is 2.49. The summed E-state index contributed by atoms with van der Waals surface area (Å²) in [6.07, 6.45) is 5.79. The van der Waals surface area contributed by atoms with Crippen LogP contribution in [0.2, 0.25) is 0 Å². The summed E-state index contributed by atoms with van der Waals surface area (Å²) in [5.41, 5.74) is -1.90. The molecule has 0 saturated heterocycles. The summed E-state index contributed by atoms with van der Waals surface area (Å²) in [4.78, 5) is 22.7. The van der Waals surface area contributed by atoms with Gasteiger partial charge in [0.25, 0.3) is 0 Å². The summed E-state index contributed by atoms with van der Waals surface area (Å²) in [7, 11) is -5.67. The van der Waals surface area contributed by atoms with Gasteiger partial charge in [-0.25, -0.2) is 0 Å². The highest BCUT2D eigenvalue weighted by atomic mass is 32.2. The van der Waals surface area contributed by atoms with Crippen LogP contribution in [-0.2, 0) is 23.9 Å². The van der Waals surface area contributed by atoms with Crippen LogP contribution >= 0.6 is 0 Å². The van der Waals surface area contributed by atoms with Gasteiger partial charge in [-0.3, -0.25) is 9.59 Å². The molecule has 0 bridgehead atoms. The van der Waals surface area contributed by atoms with E-state index in [4.69, 9.17) is 0 Å². The van der Waals surface area contributed by atoms with Crippen LogP contribution in [0.25, 0.3) is 5.57 Å². The molecule has 0 heterocycles. The van der Waals surface area contributed by atoms with Gasteiger partial charge in [-0.1, -0.05) is 37.8 Å². The van der Waals surface area contributed by atoms with Crippen LogP contribution in [0.1, 0.15) is 78.2 Å². The molecule has 1 aromatic carbocycles. The van der Waals surface area contributed by atoms with E-state index in [9.17, 15) is 31.2 Å². The van der Waals surface area contributed by atoms with Gasteiger partial charge in [0, 0.05) is 12.0 Å². The summed E-state index contributed by atoms with van der Waals surface area (Å²) < 4.78 is 61.9. The summed E-state index contributed by atoms with van der Waals surface area (Å²) in [6, 6.07) is 10.3. The molecule has 0 unspecified atom stereocenters. The molecule has 0 aromatic heterocycles. The number of carbonyl (C=O) groups is 2. The molecule has 0 saturated carbocycles. The third kappa shape index (κ3) is 7.84. The largest absolute Gasteiger partial charge is 0.534 e. The van der Waals surface area contributed by atoms with Crippen molar-refractivity contribution in [3.63, 3.8) is 0 Å². The van der Waals surface area contributed by atoms with Gasteiger partial charge in [-0.15, -0.1) is 0 Å². The maximum atomic E-state index is 12.1. The number of Topliss-reactive ketones (excluding diaryl/α,β-unsaturated/α-hetero) is 2. The van der Waals surface area contributed by atoms with Gasteiger partial charge in [0.05, 0.1) is 0 Å². The third-order valence-corrected chi connectivity index (χ3v) is 6.34. The van der Waals surface area contributed by atoms with Crippen molar-refractivity contribution in [2.75, 3.05) is 0 Å². The first kappa shape index (κ1) is 28.6. The maximum absolute atomic E-state index is 12.1. The second kappa shape index (κ2) is 12.2. The van der Waals surface area contributed by atoms with E-state index >= 15 is 0 Å². The SMILES string of the molecule is C.CC(=O)C1=C(OS(=O)(=O)C(F)(F)F)CCCC1.CC(=O)C1=C(c2ccccc2)CCCC1. The predicted octanol–water partition coefficient (Wildman–Crippen LogP) is 6.51. The van der Waals surface area contributed by atoms with Crippen LogP contribution in [0.5, 0.6) is 0 Å². The lowest BCUT2D eigenvalue weighted by atomic mass is 9.86. The summed E-state index contributed by atoms with van der Waals surface area (Å²) in [5, 5.41) is 0. The standard InChI is InChI=1S/C14H16O.C9H11F3O4S.CH4/c1-11(15)13-9-5-6-10-14(13)12-7-3-2-4-8-12;1-6(13)7-4-2-3-5-8(7)16-17(14,15)9(10,11)12;/h2-4,7-8H,5-6,9-10H2,1H3;2-5H2,1H3;1H4. The van der Waals surface area contributed by atoms with Crippen LogP contribution < -0.4 is 0 Å². The highest BCUT2D eigenvalue weighted by Crippen LogP contribution is 2.33. The topological polar surface area (TPSA) is 77.5 Å². The zero-order chi connectivity index (χ0) is 23.9. The molecule has 0 spiro atoms. The second-order valence-electron chi connectivity index (χ2n) is 7.73. The van der Waals surface area contributed by atoms with Gasteiger partial charge in [0.2, 0.25) is 0 Å². The molecule has 5 nitrogen and oxygen atoms in total. The minimum absolute atomic E-state index is 0. The zero-order valence-corrected chi connectivity index (χ0v) is 18.9. The van der Waals surface area contributed by atoms with Crippen LogP contribution in [0.15, 0.2) is 47.2 Å². The predicted molar refractivity (Wildman–Crippen MR) is 121 cm³/mol. The molecule has 9 heteroatoms. The number of alkyl halides is 3. The van der Waals surface area contributed by atoms with Gasteiger partial charge in [-0.2, -0.15) is 21.6 Å². The normalized spacial score (nSPS) is 16.9. The van der Waals surface area contributed by atoms with Crippen molar-refractivity contribution >= 4 is 27.3 Å². The molecular formula is C24H31F3O5S. The molecular weight excluding hydrogens is 457 g/mol. The van der Waals surface area contributed by atoms with Crippen molar-refractivity contribution in [1.82, 2.24) is 0 Å². The number of rotatable bonds is 5. The average molecular weight is 489 g/mol. The molecule has 2 aliphatic rings. The fourth-order valence-electron chi connectivity index (χ4n) is 3.77. The van der Waals surface area contributed by atoms with Gasteiger partial charge in [0.15, 0.2) is 11.6 Å². The Kier molecular flexibility index (Phi) is 10.5. The van der Waals surface area contributed by atoms with Gasteiger partial charge >= 0.3 is 15.6 Å². The smallest absolute Gasteiger partial charge is 0.380 e. The Morgan fingerprint density at radius 3 is 1.82 bits per heavy atom. The lowest BCUT2D eigenvalue weighted by Gasteiger charge is -2.19. The van der Waals surface area contributed by atoms with Gasteiger partial charge in [0.1, 0.15) is 5.76 Å². The summed E-state index contributed by atoms with van der Waals surface area (Å²) in [5.74, 6) is -0.591. The first-order valence-corrected chi connectivity index (χ1v) is 11.9. The van der Waals surface area contributed by atoms with Crippen molar-refractivity contribution in [2.24, 2.45) is 0 Å². The number of ketones is 2. The highest BCUT2D eigenvalue weighted by molar-refractivity contribution is 7.87. The van der Waals surface area contributed by atoms with E-state index in [-0.39, 0.29) is 37.4 Å². The molecule has 0 radical (unpaired) electrons. The number of hydrogen-bond acceptors (Lipinski definition) is 5. The molecule has 33 heavy (non-hydrogen) atoms. The minimum atomic E-state index is -5.67. The molecule has 184 valence electrons. The molecule has 2 aliphatic carbocycles. The number of benzene rings is 1. The van der Waals surface area contributed by atoms with Crippen molar-refractivity contribution in [3.05, 3.63) is 52.8 Å². The van der Waals surface area contributed by atoms with E-state index in [2.05, 4.69) is 16.3 Å². The van der Waals surface area contributed by atoms with Crippen LogP contribution in [0.4, 0.5) is 13.2 Å². The van der Waals surface area contributed by atoms with Crippen LogP contribution in [-0.4, -0.2) is 25.5 Å². The Hall–Kier alpha value is -2.42. The fourth-order valence-corrected chi connectivity index (χ4v) is 4.32. The maximum Gasteiger partial charge on any atom is 0.534 e. The lowest BCUT2D eigenvalue weighted by molar-refractivity contribution is -0.114. The van der Waals surface area contributed by atoms with Crippen molar-refractivity contribution in [1.29, 1.82) is 0 Å². The quantitative estimate of drug-likeness (QED) is 0.349. The average Bonchev–Trinajstić information content (AvgIpc) is 2.74. The Morgan fingerprint density at radius 1 is 0.818 bits per heavy atom. The Balaban J connectivity index is 0.000000322. The number of carbonyl (C=O) groups excluding carboxylic acids is 2. The van der Waals surface area contributed by atoms with E-state index in [1.165, 1.54) is 24.5 Å². The monoisotopic (exact) mass is 488 g/mol. The molecule has 0 amide bonds. The van der Waals surface area contributed by atoms with E-state index in [0.29, 0.717) is 12.8 Å². The molecule has 3 rings (SSSR count). The first-order chi connectivity index (χ1) is 14.9. The van der Waals surface area contributed by atoms with E-state index in [1.807, 2.05) is 18.2 Å². The van der Waals surface area contributed by atoms with Crippen molar-refractivity contribution < 1.29 is 35.4 Å². The Bertz CT molecular complexity index is 1010. The van der Waals surface area contributed by atoms with Crippen LogP contribution in [0, 0.1) is 0 Å².